The standard InChI is InChI=1S/C24H27N3O2S/c1-3-27(4-2)16-17-29-23(28)19-12-14-20(15-13-19)25-24(30)26-22-11-7-9-18-8-5-6-10-21(18)22/h5-15H,3-4,16-17H2,1-2H3,(H2,25,26,30). The van der Waals surface area contributed by atoms with E-state index in [0.717, 1.165) is 41.8 Å². The first kappa shape index (κ1) is 21.7. The van der Waals surface area contributed by atoms with E-state index in [1.807, 2.05) is 36.4 Å². The number of rotatable bonds is 8. The summed E-state index contributed by atoms with van der Waals surface area (Å²) in [4.78, 5) is 14.4. The van der Waals surface area contributed by atoms with Crippen LogP contribution in [0.1, 0.15) is 24.2 Å². The van der Waals surface area contributed by atoms with Crippen molar-refractivity contribution in [1.29, 1.82) is 0 Å². The second-order valence-corrected chi connectivity index (χ2v) is 7.25. The monoisotopic (exact) mass is 421 g/mol. The second kappa shape index (κ2) is 10.7. The van der Waals surface area contributed by atoms with E-state index in [4.69, 9.17) is 17.0 Å². The zero-order chi connectivity index (χ0) is 21.3. The van der Waals surface area contributed by atoms with Crippen LogP contribution in [-0.2, 0) is 4.74 Å². The number of carbonyl (C=O) groups is 1. The first-order valence-corrected chi connectivity index (χ1v) is 10.6. The minimum Gasteiger partial charge on any atom is -0.461 e. The van der Waals surface area contributed by atoms with Gasteiger partial charge in [0, 0.05) is 23.3 Å². The molecule has 2 N–H and O–H groups in total. The third kappa shape index (κ3) is 5.78. The van der Waals surface area contributed by atoms with E-state index in [1.165, 1.54) is 0 Å². The van der Waals surface area contributed by atoms with Crippen molar-refractivity contribution in [3.05, 3.63) is 72.3 Å². The molecular weight excluding hydrogens is 394 g/mol. The quantitative estimate of drug-likeness (QED) is 0.388. The number of likely N-dealkylation sites (N-methyl/N-ethyl adjacent to an activating group) is 1. The van der Waals surface area contributed by atoms with Crippen LogP contribution in [0.2, 0.25) is 0 Å². The summed E-state index contributed by atoms with van der Waals surface area (Å²) in [5.74, 6) is -0.315. The Labute approximate surface area is 183 Å². The van der Waals surface area contributed by atoms with Crippen LogP contribution in [0.4, 0.5) is 11.4 Å². The number of anilines is 2. The molecule has 0 radical (unpaired) electrons. The van der Waals surface area contributed by atoms with E-state index in [2.05, 4.69) is 47.6 Å². The van der Waals surface area contributed by atoms with Crippen molar-refractivity contribution in [2.45, 2.75) is 13.8 Å². The maximum Gasteiger partial charge on any atom is 0.338 e. The molecule has 3 rings (SSSR count). The molecule has 0 bridgehead atoms. The molecule has 0 spiro atoms. The highest BCUT2D eigenvalue weighted by molar-refractivity contribution is 7.80. The molecule has 5 nitrogen and oxygen atoms in total. The molecule has 156 valence electrons. The van der Waals surface area contributed by atoms with E-state index in [1.54, 1.807) is 12.1 Å². The predicted molar refractivity (Wildman–Crippen MR) is 128 cm³/mol. The van der Waals surface area contributed by atoms with E-state index >= 15 is 0 Å². The summed E-state index contributed by atoms with van der Waals surface area (Å²) in [6, 6.07) is 21.3. The maximum absolute atomic E-state index is 12.2. The van der Waals surface area contributed by atoms with Gasteiger partial charge in [0.2, 0.25) is 0 Å². The summed E-state index contributed by atoms with van der Waals surface area (Å²) in [5, 5.41) is 9.14. The van der Waals surface area contributed by atoms with Crippen LogP contribution in [-0.4, -0.2) is 42.2 Å². The third-order valence-corrected chi connectivity index (χ3v) is 5.16. The number of esters is 1. The smallest absolute Gasteiger partial charge is 0.338 e. The van der Waals surface area contributed by atoms with Crippen LogP contribution < -0.4 is 10.6 Å². The largest absolute Gasteiger partial charge is 0.461 e. The predicted octanol–water partition coefficient (Wildman–Crippen LogP) is 5.15. The Balaban J connectivity index is 1.55. The Morgan fingerprint density at radius 3 is 2.37 bits per heavy atom. The number of hydrogen-bond donors (Lipinski definition) is 2. The fraction of sp³-hybridized carbons (Fsp3) is 0.250. The molecule has 0 saturated heterocycles. The Morgan fingerprint density at radius 1 is 0.933 bits per heavy atom. The number of fused-ring (bicyclic) bond motifs is 1. The lowest BCUT2D eigenvalue weighted by atomic mass is 10.1. The van der Waals surface area contributed by atoms with E-state index in [-0.39, 0.29) is 5.97 Å². The molecule has 6 heteroatoms. The van der Waals surface area contributed by atoms with Crippen molar-refractivity contribution in [3.63, 3.8) is 0 Å². The highest BCUT2D eigenvalue weighted by atomic mass is 32.1. The van der Waals surface area contributed by atoms with Crippen LogP contribution in [0.25, 0.3) is 10.8 Å². The molecule has 0 aliphatic heterocycles. The number of thiocarbonyl (C=S) groups is 1. The third-order valence-electron chi connectivity index (χ3n) is 4.95. The summed E-state index contributed by atoms with van der Waals surface area (Å²) < 4.78 is 5.36. The highest BCUT2D eigenvalue weighted by Gasteiger charge is 2.09. The van der Waals surface area contributed by atoms with Gasteiger partial charge in [-0.05, 0) is 61.0 Å². The molecule has 0 heterocycles. The summed E-state index contributed by atoms with van der Waals surface area (Å²) in [6.45, 7) is 7.21. The molecular formula is C24H27N3O2S. The van der Waals surface area contributed by atoms with Gasteiger partial charge < -0.3 is 20.3 Å². The molecule has 0 atom stereocenters. The number of nitrogens with zero attached hydrogens (tertiary/aromatic N) is 1. The fourth-order valence-corrected chi connectivity index (χ4v) is 3.43. The molecule has 0 saturated carbocycles. The summed E-state index contributed by atoms with van der Waals surface area (Å²) in [5.41, 5.74) is 2.26. The van der Waals surface area contributed by atoms with Gasteiger partial charge in [-0.2, -0.15) is 0 Å². The second-order valence-electron chi connectivity index (χ2n) is 6.85. The van der Waals surface area contributed by atoms with Gasteiger partial charge in [-0.25, -0.2) is 4.79 Å². The maximum atomic E-state index is 12.2. The van der Waals surface area contributed by atoms with Crippen molar-refractivity contribution in [2.24, 2.45) is 0 Å². The van der Waals surface area contributed by atoms with Gasteiger partial charge >= 0.3 is 5.97 Å². The van der Waals surface area contributed by atoms with Crippen molar-refractivity contribution in [1.82, 2.24) is 4.90 Å². The molecule has 0 aliphatic carbocycles. The lowest BCUT2D eigenvalue weighted by Gasteiger charge is -2.17. The lowest BCUT2D eigenvalue weighted by Crippen LogP contribution is -2.27. The topological polar surface area (TPSA) is 53.6 Å². The van der Waals surface area contributed by atoms with Crippen molar-refractivity contribution >= 4 is 45.4 Å². The first-order valence-electron chi connectivity index (χ1n) is 10.2. The summed E-state index contributed by atoms with van der Waals surface area (Å²) in [6.07, 6.45) is 0. The Morgan fingerprint density at radius 2 is 1.63 bits per heavy atom. The number of benzene rings is 3. The number of carbonyl (C=O) groups excluding carboxylic acids is 1. The number of ether oxygens (including phenoxy) is 1. The molecule has 3 aromatic rings. The van der Waals surface area contributed by atoms with Crippen molar-refractivity contribution in [3.8, 4) is 0 Å². The van der Waals surface area contributed by atoms with Crippen molar-refractivity contribution < 1.29 is 9.53 Å². The zero-order valence-electron chi connectivity index (χ0n) is 17.4. The van der Waals surface area contributed by atoms with Crippen LogP contribution >= 0.6 is 12.2 Å². The minimum atomic E-state index is -0.315. The minimum absolute atomic E-state index is 0.315. The van der Waals surface area contributed by atoms with Gasteiger partial charge in [0.25, 0.3) is 0 Å². The van der Waals surface area contributed by atoms with Gasteiger partial charge in [-0.15, -0.1) is 0 Å². The molecule has 0 amide bonds. The lowest BCUT2D eigenvalue weighted by molar-refractivity contribution is 0.0466. The van der Waals surface area contributed by atoms with Crippen LogP contribution in [0.3, 0.4) is 0 Å². The zero-order valence-corrected chi connectivity index (χ0v) is 18.2. The molecule has 0 unspecified atom stereocenters. The molecule has 0 aliphatic rings. The highest BCUT2D eigenvalue weighted by Crippen LogP contribution is 2.23. The summed E-state index contributed by atoms with van der Waals surface area (Å²) in [7, 11) is 0. The van der Waals surface area contributed by atoms with Crippen LogP contribution in [0.5, 0.6) is 0 Å². The van der Waals surface area contributed by atoms with Crippen molar-refractivity contribution in [2.75, 3.05) is 36.9 Å². The number of nitrogens with one attached hydrogen (secondary N) is 2. The van der Waals surface area contributed by atoms with Gasteiger partial charge in [0.05, 0.1) is 5.56 Å². The van der Waals surface area contributed by atoms with E-state index < -0.39 is 0 Å². The average molecular weight is 422 g/mol. The van der Waals surface area contributed by atoms with Crippen LogP contribution in [0, 0.1) is 0 Å². The van der Waals surface area contributed by atoms with Gasteiger partial charge in [0.1, 0.15) is 6.61 Å². The van der Waals surface area contributed by atoms with Crippen LogP contribution in [0.15, 0.2) is 66.7 Å². The normalized spacial score (nSPS) is 10.8. The molecule has 30 heavy (non-hydrogen) atoms. The molecule has 0 fully saturated rings. The Bertz CT molecular complexity index is 996. The summed E-state index contributed by atoms with van der Waals surface area (Å²) >= 11 is 5.45. The van der Waals surface area contributed by atoms with E-state index in [9.17, 15) is 4.79 Å². The Kier molecular flexibility index (Phi) is 7.76. The van der Waals surface area contributed by atoms with Gasteiger partial charge in [-0.1, -0.05) is 50.2 Å². The first-order chi connectivity index (χ1) is 14.6. The average Bonchev–Trinajstić information content (AvgIpc) is 2.77. The van der Waals surface area contributed by atoms with E-state index in [0.29, 0.717) is 17.3 Å². The Hall–Kier alpha value is -2.96. The molecule has 0 aromatic heterocycles. The molecule has 3 aromatic carbocycles. The SMILES string of the molecule is CCN(CC)CCOC(=O)c1ccc(NC(=S)Nc2cccc3ccccc23)cc1. The van der Waals surface area contributed by atoms with Gasteiger partial charge in [-0.3, -0.25) is 0 Å². The fourth-order valence-electron chi connectivity index (χ4n) is 3.20. The van der Waals surface area contributed by atoms with Gasteiger partial charge in [0.15, 0.2) is 5.11 Å². The number of hydrogen-bond acceptors (Lipinski definition) is 4.